The van der Waals surface area contributed by atoms with Gasteiger partial charge in [0, 0.05) is 17.1 Å². The van der Waals surface area contributed by atoms with Crippen LogP contribution in [0.1, 0.15) is 39.3 Å². The fourth-order valence-corrected chi connectivity index (χ4v) is 1.32. The Morgan fingerprint density at radius 2 is 1.88 bits per heavy atom. The van der Waals surface area contributed by atoms with Crippen molar-refractivity contribution in [2.24, 2.45) is 11.1 Å². The van der Waals surface area contributed by atoms with Gasteiger partial charge >= 0.3 is 0 Å². The lowest BCUT2D eigenvalue weighted by Crippen LogP contribution is -2.28. The fourth-order valence-electron chi connectivity index (χ4n) is 1.32. The van der Waals surface area contributed by atoms with Crippen molar-refractivity contribution < 1.29 is 4.79 Å². The molecule has 1 unspecified atom stereocenters. The summed E-state index contributed by atoms with van der Waals surface area (Å²) in [5.41, 5.74) is 7.21. The zero-order valence-corrected chi connectivity index (χ0v) is 10.4. The van der Waals surface area contributed by atoms with Crippen molar-refractivity contribution >= 4 is 11.6 Å². The molecular weight excluding hydrogens is 200 g/mol. The maximum Gasteiger partial charge on any atom is 0.229 e. The van der Waals surface area contributed by atoms with E-state index in [4.69, 9.17) is 5.73 Å². The minimum atomic E-state index is -0.398. The lowest BCUT2D eigenvalue weighted by atomic mass is 9.95. The predicted molar refractivity (Wildman–Crippen MR) is 67.1 cm³/mol. The largest absolute Gasteiger partial charge is 0.325 e. The number of amides is 1. The zero-order valence-electron chi connectivity index (χ0n) is 10.4. The molecule has 3 heteroatoms. The molecule has 0 aliphatic carbocycles. The molecule has 3 nitrogen and oxygen atoms in total. The van der Waals surface area contributed by atoms with E-state index < -0.39 is 5.41 Å². The van der Waals surface area contributed by atoms with Gasteiger partial charge in [-0.05, 0) is 18.6 Å². The van der Waals surface area contributed by atoms with Crippen LogP contribution in [0.15, 0.2) is 24.3 Å². The minimum Gasteiger partial charge on any atom is -0.325 e. The van der Waals surface area contributed by atoms with E-state index in [-0.39, 0.29) is 11.9 Å². The van der Waals surface area contributed by atoms with Gasteiger partial charge in [0.2, 0.25) is 5.91 Å². The zero-order chi connectivity index (χ0) is 12.3. The second kappa shape index (κ2) is 4.66. The number of nitrogens with two attached hydrogens (primary N) is 1. The summed E-state index contributed by atoms with van der Waals surface area (Å²) < 4.78 is 0. The van der Waals surface area contributed by atoms with E-state index >= 15 is 0 Å². The van der Waals surface area contributed by atoms with Crippen molar-refractivity contribution in [3.05, 3.63) is 29.8 Å². The van der Waals surface area contributed by atoms with Gasteiger partial charge in [-0.2, -0.15) is 0 Å². The Labute approximate surface area is 97.0 Å². The van der Waals surface area contributed by atoms with Crippen molar-refractivity contribution in [2.75, 3.05) is 5.32 Å². The lowest BCUT2D eigenvalue weighted by molar-refractivity contribution is -0.123. The average molecular weight is 220 g/mol. The summed E-state index contributed by atoms with van der Waals surface area (Å²) in [5, 5.41) is 2.91. The second-order valence-electron chi connectivity index (χ2n) is 5.08. The van der Waals surface area contributed by atoms with Gasteiger partial charge in [0.25, 0.3) is 0 Å². The number of nitrogens with one attached hydrogen (secondary N) is 1. The van der Waals surface area contributed by atoms with Crippen LogP contribution in [0, 0.1) is 5.41 Å². The van der Waals surface area contributed by atoms with Crippen molar-refractivity contribution in [2.45, 2.75) is 33.7 Å². The maximum atomic E-state index is 11.9. The molecule has 0 fully saturated rings. The van der Waals surface area contributed by atoms with Crippen LogP contribution in [-0.2, 0) is 4.79 Å². The first-order chi connectivity index (χ1) is 7.32. The number of benzene rings is 1. The van der Waals surface area contributed by atoms with Gasteiger partial charge in [-0.15, -0.1) is 0 Å². The third-order valence-electron chi connectivity index (χ3n) is 2.38. The number of hydrogen-bond donors (Lipinski definition) is 2. The van der Waals surface area contributed by atoms with Crippen LogP contribution < -0.4 is 11.1 Å². The Bertz CT molecular complexity index is 378. The molecule has 0 aromatic heterocycles. The standard InChI is InChI=1S/C13H20N2O/c1-9(14)10-7-5-6-8-11(10)15-12(16)13(2,3)4/h5-9H,14H2,1-4H3,(H,15,16). The molecule has 0 saturated carbocycles. The molecule has 16 heavy (non-hydrogen) atoms. The highest BCUT2D eigenvalue weighted by molar-refractivity contribution is 5.95. The van der Waals surface area contributed by atoms with Crippen LogP contribution in [0.4, 0.5) is 5.69 Å². The fraction of sp³-hybridized carbons (Fsp3) is 0.462. The van der Waals surface area contributed by atoms with Crippen LogP contribution >= 0.6 is 0 Å². The Morgan fingerprint density at radius 3 is 2.38 bits per heavy atom. The normalized spacial score (nSPS) is 13.3. The molecule has 1 rings (SSSR count). The van der Waals surface area contributed by atoms with Crippen molar-refractivity contribution in [1.29, 1.82) is 0 Å². The van der Waals surface area contributed by atoms with Crippen molar-refractivity contribution in [3.63, 3.8) is 0 Å². The van der Waals surface area contributed by atoms with E-state index in [0.717, 1.165) is 11.3 Å². The summed E-state index contributed by atoms with van der Waals surface area (Å²) in [6.45, 7) is 7.56. The molecule has 1 aromatic rings. The highest BCUT2D eigenvalue weighted by Crippen LogP contribution is 2.23. The number of anilines is 1. The van der Waals surface area contributed by atoms with Crippen LogP contribution in [0.2, 0.25) is 0 Å². The highest BCUT2D eigenvalue weighted by atomic mass is 16.2. The van der Waals surface area contributed by atoms with Gasteiger partial charge in [-0.25, -0.2) is 0 Å². The van der Waals surface area contributed by atoms with Crippen LogP contribution in [0.3, 0.4) is 0 Å². The van der Waals surface area contributed by atoms with Crippen LogP contribution in [0.5, 0.6) is 0 Å². The molecule has 0 aliphatic rings. The molecule has 1 amide bonds. The summed E-state index contributed by atoms with van der Waals surface area (Å²) in [6, 6.07) is 7.54. The van der Waals surface area contributed by atoms with Crippen molar-refractivity contribution in [1.82, 2.24) is 0 Å². The van der Waals surface area contributed by atoms with E-state index in [1.807, 2.05) is 52.0 Å². The molecule has 0 radical (unpaired) electrons. The molecule has 0 saturated heterocycles. The first kappa shape index (κ1) is 12.7. The number of rotatable bonds is 2. The summed E-state index contributed by atoms with van der Waals surface area (Å²) in [6.07, 6.45) is 0. The van der Waals surface area contributed by atoms with Crippen molar-refractivity contribution in [3.8, 4) is 0 Å². The van der Waals surface area contributed by atoms with E-state index in [0.29, 0.717) is 0 Å². The summed E-state index contributed by atoms with van der Waals surface area (Å²) in [7, 11) is 0. The first-order valence-electron chi connectivity index (χ1n) is 5.48. The number of carbonyl (C=O) groups is 1. The smallest absolute Gasteiger partial charge is 0.229 e. The Kier molecular flexibility index (Phi) is 3.70. The Morgan fingerprint density at radius 1 is 1.31 bits per heavy atom. The van der Waals surface area contributed by atoms with Gasteiger partial charge in [-0.1, -0.05) is 39.0 Å². The van der Waals surface area contributed by atoms with Gasteiger partial charge < -0.3 is 11.1 Å². The molecule has 88 valence electrons. The minimum absolute atomic E-state index is 0.000556. The van der Waals surface area contributed by atoms with E-state index in [9.17, 15) is 4.79 Å². The number of para-hydroxylation sites is 1. The summed E-state index contributed by atoms with van der Waals surface area (Å²) in [4.78, 5) is 11.9. The third kappa shape index (κ3) is 3.07. The number of hydrogen-bond acceptors (Lipinski definition) is 2. The monoisotopic (exact) mass is 220 g/mol. The van der Waals surface area contributed by atoms with E-state index in [1.54, 1.807) is 0 Å². The van der Waals surface area contributed by atoms with Crippen LogP contribution in [0.25, 0.3) is 0 Å². The SMILES string of the molecule is CC(N)c1ccccc1NC(=O)C(C)(C)C. The molecule has 1 aromatic carbocycles. The topological polar surface area (TPSA) is 55.1 Å². The predicted octanol–water partition coefficient (Wildman–Crippen LogP) is 2.69. The van der Waals surface area contributed by atoms with Gasteiger partial charge in [0.15, 0.2) is 0 Å². The van der Waals surface area contributed by atoms with Gasteiger partial charge in [0.1, 0.15) is 0 Å². The number of carbonyl (C=O) groups excluding carboxylic acids is 1. The highest BCUT2D eigenvalue weighted by Gasteiger charge is 2.22. The maximum absolute atomic E-state index is 11.9. The molecule has 0 spiro atoms. The molecule has 3 N–H and O–H groups in total. The Hall–Kier alpha value is -1.35. The van der Waals surface area contributed by atoms with Crippen LogP contribution in [-0.4, -0.2) is 5.91 Å². The third-order valence-corrected chi connectivity index (χ3v) is 2.38. The average Bonchev–Trinajstić information content (AvgIpc) is 2.16. The first-order valence-corrected chi connectivity index (χ1v) is 5.48. The van der Waals surface area contributed by atoms with E-state index in [1.165, 1.54) is 0 Å². The second-order valence-corrected chi connectivity index (χ2v) is 5.08. The van der Waals surface area contributed by atoms with Gasteiger partial charge in [0.05, 0.1) is 0 Å². The quantitative estimate of drug-likeness (QED) is 0.805. The molecule has 0 heterocycles. The molecule has 0 bridgehead atoms. The summed E-state index contributed by atoms with van der Waals surface area (Å²) in [5.74, 6) is 0.000556. The lowest BCUT2D eigenvalue weighted by Gasteiger charge is -2.20. The summed E-state index contributed by atoms with van der Waals surface area (Å²) >= 11 is 0. The molecular formula is C13H20N2O. The molecule has 1 atom stereocenters. The Balaban J connectivity index is 2.94. The van der Waals surface area contributed by atoms with E-state index in [2.05, 4.69) is 5.32 Å². The van der Waals surface area contributed by atoms with Gasteiger partial charge in [-0.3, -0.25) is 4.79 Å². The molecule has 0 aliphatic heterocycles.